The first-order chi connectivity index (χ1) is 13.0. The summed E-state index contributed by atoms with van der Waals surface area (Å²) in [7, 11) is -2.34. The summed E-state index contributed by atoms with van der Waals surface area (Å²) in [4.78, 5) is 12.3. The summed E-state index contributed by atoms with van der Waals surface area (Å²) in [6.07, 6.45) is 2.63. The number of amides is 1. The van der Waals surface area contributed by atoms with E-state index in [2.05, 4.69) is 10.0 Å². The smallest absolute Gasteiger partial charge is 0.255 e. The fraction of sp³-hybridized carbons (Fsp3) is 0.350. The molecule has 0 heterocycles. The molecular weight excluding hydrogens is 364 g/mol. The number of ether oxygens (including phenoxy) is 1. The molecule has 1 aliphatic rings. The molecule has 1 aliphatic carbocycles. The van der Waals surface area contributed by atoms with Gasteiger partial charge in [-0.2, -0.15) is 0 Å². The zero-order valence-corrected chi connectivity index (χ0v) is 16.3. The average Bonchev–Trinajstić information content (AvgIpc) is 2.67. The number of benzene rings is 2. The summed E-state index contributed by atoms with van der Waals surface area (Å²) < 4.78 is 33.9. The van der Waals surface area contributed by atoms with Gasteiger partial charge >= 0.3 is 0 Å². The molecule has 1 unspecified atom stereocenters. The zero-order chi connectivity index (χ0) is 19.4. The lowest BCUT2D eigenvalue weighted by molar-refractivity contribution is 0.0952. The van der Waals surface area contributed by atoms with E-state index in [4.69, 9.17) is 4.74 Å². The predicted molar refractivity (Wildman–Crippen MR) is 103 cm³/mol. The van der Waals surface area contributed by atoms with E-state index in [1.807, 2.05) is 24.3 Å². The van der Waals surface area contributed by atoms with Crippen molar-refractivity contribution in [3.8, 4) is 5.75 Å². The Bertz CT molecular complexity index is 941. The minimum absolute atomic E-state index is 0.0487. The Morgan fingerprint density at radius 3 is 2.74 bits per heavy atom. The lowest BCUT2D eigenvalue weighted by atomic mass is 9.88. The summed E-state index contributed by atoms with van der Waals surface area (Å²) in [6, 6.07) is 12.0. The minimum atomic E-state index is -3.78. The van der Waals surface area contributed by atoms with E-state index < -0.39 is 10.0 Å². The van der Waals surface area contributed by atoms with Gasteiger partial charge in [-0.05, 0) is 55.5 Å². The minimum Gasteiger partial charge on any atom is -0.496 e. The molecule has 0 saturated carbocycles. The van der Waals surface area contributed by atoms with Gasteiger partial charge in [0.2, 0.25) is 10.0 Å². The Labute approximate surface area is 160 Å². The monoisotopic (exact) mass is 388 g/mol. The van der Waals surface area contributed by atoms with E-state index in [1.54, 1.807) is 6.92 Å². The second kappa shape index (κ2) is 8.10. The van der Waals surface area contributed by atoms with Gasteiger partial charge < -0.3 is 10.1 Å². The molecule has 144 valence electrons. The van der Waals surface area contributed by atoms with Crippen LogP contribution in [0.5, 0.6) is 5.75 Å². The summed E-state index contributed by atoms with van der Waals surface area (Å²) in [5, 5.41) is 2.68. The number of carbonyl (C=O) groups is 1. The maximum Gasteiger partial charge on any atom is 0.255 e. The molecule has 0 fully saturated rings. The molecule has 6 nitrogen and oxygen atoms in total. The third-order valence-electron chi connectivity index (χ3n) is 4.73. The second-order valence-corrected chi connectivity index (χ2v) is 8.20. The molecule has 0 aliphatic heterocycles. The summed E-state index contributed by atoms with van der Waals surface area (Å²) in [6.45, 7) is 2.24. The van der Waals surface area contributed by atoms with Crippen LogP contribution in [-0.4, -0.2) is 28.0 Å². The van der Waals surface area contributed by atoms with E-state index in [9.17, 15) is 13.2 Å². The van der Waals surface area contributed by atoms with Gasteiger partial charge in [-0.3, -0.25) is 4.79 Å². The van der Waals surface area contributed by atoms with Gasteiger partial charge in [0.15, 0.2) is 0 Å². The highest BCUT2D eigenvalue weighted by molar-refractivity contribution is 7.89. The van der Waals surface area contributed by atoms with Gasteiger partial charge in [-0.25, -0.2) is 13.1 Å². The molecule has 0 bridgehead atoms. The first kappa shape index (κ1) is 19.4. The van der Waals surface area contributed by atoms with Crippen LogP contribution in [0.15, 0.2) is 47.4 Å². The Hall–Kier alpha value is -2.38. The van der Waals surface area contributed by atoms with Crippen LogP contribution in [0.4, 0.5) is 0 Å². The number of rotatable bonds is 6. The number of nitrogens with one attached hydrogen (secondary N) is 2. The molecule has 2 N–H and O–H groups in total. The topological polar surface area (TPSA) is 84.5 Å². The summed E-state index contributed by atoms with van der Waals surface area (Å²) >= 11 is 0. The van der Waals surface area contributed by atoms with Crippen molar-refractivity contribution in [2.75, 3.05) is 13.7 Å². The van der Waals surface area contributed by atoms with Crippen LogP contribution < -0.4 is 14.8 Å². The molecule has 0 radical (unpaired) electrons. The number of hydrogen-bond donors (Lipinski definition) is 2. The molecule has 0 aromatic heterocycles. The Morgan fingerprint density at radius 2 is 2.00 bits per heavy atom. The van der Waals surface area contributed by atoms with Crippen molar-refractivity contribution in [1.29, 1.82) is 0 Å². The van der Waals surface area contributed by atoms with Crippen LogP contribution in [0.2, 0.25) is 0 Å². The molecule has 1 atom stereocenters. The van der Waals surface area contributed by atoms with Crippen molar-refractivity contribution in [3.63, 3.8) is 0 Å². The zero-order valence-electron chi connectivity index (χ0n) is 15.5. The first-order valence-corrected chi connectivity index (χ1v) is 10.5. The Morgan fingerprint density at radius 1 is 1.22 bits per heavy atom. The largest absolute Gasteiger partial charge is 0.496 e. The molecule has 0 spiro atoms. The molecular formula is C20H24N2O4S. The fourth-order valence-corrected chi connectivity index (χ4v) is 4.69. The molecule has 0 saturated heterocycles. The summed E-state index contributed by atoms with van der Waals surface area (Å²) in [5.74, 6) is -0.0303. The van der Waals surface area contributed by atoms with Crippen molar-refractivity contribution in [1.82, 2.24) is 10.0 Å². The van der Waals surface area contributed by atoms with E-state index >= 15 is 0 Å². The van der Waals surface area contributed by atoms with E-state index in [0.29, 0.717) is 12.3 Å². The van der Waals surface area contributed by atoms with Gasteiger partial charge in [-0.15, -0.1) is 0 Å². The highest BCUT2D eigenvalue weighted by atomic mass is 32.2. The Balaban J connectivity index is 1.92. The highest BCUT2D eigenvalue weighted by Crippen LogP contribution is 2.31. The van der Waals surface area contributed by atoms with E-state index in [0.717, 1.165) is 24.8 Å². The SMILES string of the molecule is CCNC(=O)c1cc(S(=O)(=O)NC2CCCc3ccccc32)ccc1OC. The van der Waals surface area contributed by atoms with Crippen molar-refractivity contribution >= 4 is 15.9 Å². The number of sulfonamides is 1. The molecule has 3 rings (SSSR count). The first-order valence-electron chi connectivity index (χ1n) is 9.02. The average molecular weight is 388 g/mol. The quantitative estimate of drug-likeness (QED) is 0.797. The molecule has 2 aromatic carbocycles. The maximum atomic E-state index is 13.0. The van der Waals surface area contributed by atoms with Gasteiger partial charge in [0.25, 0.3) is 5.91 Å². The van der Waals surface area contributed by atoms with Crippen LogP contribution in [0.25, 0.3) is 0 Å². The van der Waals surface area contributed by atoms with Crippen LogP contribution in [0.1, 0.15) is 47.3 Å². The fourth-order valence-electron chi connectivity index (χ4n) is 3.42. The number of methoxy groups -OCH3 is 1. The van der Waals surface area contributed by atoms with Gasteiger partial charge in [0, 0.05) is 12.6 Å². The van der Waals surface area contributed by atoms with Gasteiger partial charge in [0.1, 0.15) is 5.75 Å². The molecule has 27 heavy (non-hydrogen) atoms. The van der Waals surface area contributed by atoms with Crippen molar-refractivity contribution < 1.29 is 17.9 Å². The van der Waals surface area contributed by atoms with Gasteiger partial charge in [0.05, 0.1) is 17.6 Å². The second-order valence-electron chi connectivity index (χ2n) is 6.49. The lowest BCUT2D eigenvalue weighted by Crippen LogP contribution is -2.31. The van der Waals surface area contributed by atoms with Crippen molar-refractivity contribution in [2.45, 2.75) is 37.1 Å². The van der Waals surface area contributed by atoms with Crippen LogP contribution in [-0.2, 0) is 16.4 Å². The van der Waals surface area contributed by atoms with Crippen LogP contribution in [0.3, 0.4) is 0 Å². The molecule has 7 heteroatoms. The van der Waals surface area contributed by atoms with Gasteiger partial charge in [-0.1, -0.05) is 24.3 Å². The molecule has 1 amide bonds. The standard InChI is InChI=1S/C20H24N2O4S/c1-3-21-20(23)17-13-15(11-12-19(17)26-2)27(24,25)22-18-10-6-8-14-7-4-5-9-16(14)18/h4-5,7,9,11-13,18,22H,3,6,8,10H2,1-2H3,(H,21,23). The van der Waals surface area contributed by atoms with Crippen molar-refractivity contribution in [2.24, 2.45) is 0 Å². The maximum absolute atomic E-state index is 13.0. The Kier molecular flexibility index (Phi) is 5.82. The van der Waals surface area contributed by atoms with Crippen molar-refractivity contribution in [3.05, 3.63) is 59.2 Å². The summed E-state index contributed by atoms with van der Waals surface area (Å²) in [5.41, 5.74) is 2.39. The van der Waals surface area contributed by atoms with Crippen LogP contribution >= 0.6 is 0 Å². The number of carbonyl (C=O) groups excluding carboxylic acids is 1. The van der Waals surface area contributed by atoms with Crippen LogP contribution in [0, 0.1) is 0 Å². The number of fused-ring (bicyclic) bond motifs is 1. The highest BCUT2D eigenvalue weighted by Gasteiger charge is 2.26. The molecule has 2 aromatic rings. The van der Waals surface area contributed by atoms with E-state index in [-0.39, 0.29) is 22.4 Å². The van der Waals surface area contributed by atoms with E-state index in [1.165, 1.54) is 30.9 Å². The normalized spacial score (nSPS) is 16.4. The lowest BCUT2D eigenvalue weighted by Gasteiger charge is -2.26. The third kappa shape index (κ3) is 4.14. The number of hydrogen-bond acceptors (Lipinski definition) is 4. The predicted octanol–water partition coefficient (Wildman–Crippen LogP) is 2.80. The number of aryl methyl sites for hydroxylation is 1. The third-order valence-corrected chi connectivity index (χ3v) is 6.20.